The Morgan fingerprint density at radius 1 is 1.24 bits per heavy atom. The minimum Gasteiger partial charge on any atom is -0.392 e. The van der Waals surface area contributed by atoms with Crippen LogP contribution in [0.3, 0.4) is 0 Å². The SMILES string of the molecule is C[C@]12C[C@@H](O)C3C4=C(CCC3C1CCC21OCCO1)CC(CO)=CC4. The number of hydrogen-bond donors (Lipinski definition) is 2. The second-order valence-electron chi connectivity index (χ2n) is 9.04. The summed E-state index contributed by atoms with van der Waals surface area (Å²) in [7, 11) is 0. The predicted octanol–water partition coefficient (Wildman–Crippen LogP) is 2.95. The fraction of sp³-hybridized carbons (Fsp3) is 0.810. The summed E-state index contributed by atoms with van der Waals surface area (Å²) in [6.45, 7) is 3.86. The van der Waals surface area contributed by atoms with Crippen LogP contribution in [0.5, 0.6) is 0 Å². The van der Waals surface area contributed by atoms with Gasteiger partial charge in [-0.3, -0.25) is 0 Å². The van der Waals surface area contributed by atoms with Crippen molar-refractivity contribution in [2.75, 3.05) is 19.8 Å². The molecule has 4 aliphatic carbocycles. The van der Waals surface area contributed by atoms with E-state index >= 15 is 0 Å². The van der Waals surface area contributed by atoms with Crippen LogP contribution in [0.4, 0.5) is 0 Å². The molecule has 1 heterocycles. The Morgan fingerprint density at radius 3 is 2.80 bits per heavy atom. The van der Waals surface area contributed by atoms with Crippen molar-refractivity contribution in [3.8, 4) is 0 Å². The molecule has 0 aromatic carbocycles. The molecule has 1 spiro atoms. The molecule has 3 unspecified atom stereocenters. The van der Waals surface area contributed by atoms with Crippen LogP contribution in [-0.2, 0) is 9.47 Å². The molecule has 3 fully saturated rings. The molecule has 0 aromatic heterocycles. The summed E-state index contributed by atoms with van der Waals surface area (Å²) in [4.78, 5) is 0. The Labute approximate surface area is 149 Å². The van der Waals surface area contributed by atoms with Gasteiger partial charge in [-0.25, -0.2) is 0 Å². The summed E-state index contributed by atoms with van der Waals surface area (Å²) in [5, 5.41) is 20.7. The summed E-state index contributed by atoms with van der Waals surface area (Å²) in [6.07, 6.45) is 8.94. The third-order valence-electron chi connectivity index (χ3n) is 8.14. The van der Waals surface area contributed by atoms with E-state index in [4.69, 9.17) is 9.47 Å². The molecule has 0 aromatic rings. The van der Waals surface area contributed by atoms with Crippen LogP contribution >= 0.6 is 0 Å². The van der Waals surface area contributed by atoms with Gasteiger partial charge in [0.05, 0.1) is 25.9 Å². The van der Waals surface area contributed by atoms with Crippen molar-refractivity contribution >= 4 is 0 Å². The maximum atomic E-state index is 11.2. The highest BCUT2D eigenvalue weighted by Gasteiger charge is 2.66. The zero-order chi connectivity index (χ0) is 17.2. The maximum absolute atomic E-state index is 11.2. The quantitative estimate of drug-likeness (QED) is 0.717. The minimum atomic E-state index is -0.450. The number of aliphatic hydroxyl groups is 2. The molecule has 5 aliphatic rings. The topological polar surface area (TPSA) is 58.9 Å². The van der Waals surface area contributed by atoms with Gasteiger partial charge in [-0.15, -0.1) is 0 Å². The Kier molecular flexibility index (Phi) is 3.73. The van der Waals surface area contributed by atoms with E-state index in [1.54, 1.807) is 0 Å². The minimum absolute atomic E-state index is 0.0666. The van der Waals surface area contributed by atoms with Gasteiger partial charge in [-0.05, 0) is 55.9 Å². The lowest BCUT2D eigenvalue weighted by atomic mass is 9.53. The van der Waals surface area contributed by atoms with Gasteiger partial charge in [0.15, 0.2) is 5.79 Å². The van der Waals surface area contributed by atoms with Crippen molar-refractivity contribution in [3.63, 3.8) is 0 Å². The molecular formula is C21H30O4. The van der Waals surface area contributed by atoms with E-state index in [2.05, 4.69) is 13.0 Å². The molecule has 4 nitrogen and oxygen atoms in total. The molecule has 0 bridgehead atoms. The molecule has 5 atom stereocenters. The molecule has 5 rings (SSSR count). The first kappa shape index (κ1) is 16.5. The Hall–Kier alpha value is -0.680. The largest absolute Gasteiger partial charge is 0.392 e. The van der Waals surface area contributed by atoms with Crippen molar-refractivity contribution in [2.24, 2.45) is 23.2 Å². The highest BCUT2D eigenvalue weighted by Crippen LogP contribution is 2.66. The van der Waals surface area contributed by atoms with Gasteiger partial charge in [0.2, 0.25) is 0 Å². The van der Waals surface area contributed by atoms with Crippen molar-refractivity contribution in [1.82, 2.24) is 0 Å². The van der Waals surface area contributed by atoms with Gasteiger partial charge in [-0.2, -0.15) is 0 Å². The zero-order valence-corrected chi connectivity index (χ0v) is 15.2. The van der Waals surface area contributed by atoms with Gasteiger partial charge >= 0.3 is 0 Å². The molecular weight excluding hydrogens is 316 g/mol. The van der Waals surface area contributed by atoms with Crippen LogP contribution in [0, 0.1) is 23.2 Å². The van der Waals surface area contributed by atoms with Crippen molar-refractivity contribution in [3.05, 3.63) is 22.8 Å². The Balaban J connectivity index is 1.48. The van der Waals surface area contributed by atoms with Gasteiger partial charge in [0, 0.05) is 17.8 Å². The van der Waals surface area contributed by atoms with Crippen LogP contribution in [0.25, 0.3) is 0 Å². The number of hydrogen-bond acceptors (Lipinski definition) is 4. The van der Waals surface area contributed by atoms with E-state index < -0.39 is 5.79 Å². The molecule has 4 heteroatoms. The molecule has 1 aliphatic heterocycles. The van der Waals surface area contributed by atoms with Crippen LogP contribution < -0.4 is 0 Å². The summed E-state index contributed by atoms with van der Waals surface area (Å²) < 4.78 is 12.3. The summed E-state index contributed by atoms with van der Waals surface area (Å²) in [6, 6.07) is 0. The van der Waals surface area contributed by atoms with Crippen LogP contribution in [0.15, 0.2) is 22.8 Å². The second-order valence-corrected chi connectivity index (χ2v) is 9.04. The van der Waals surface area contributed by atoms with Crippen molar-refractivity contribution in [1.29, 1.82) is 0 Å². The average molecular weight is 346 g/mol. The molecule has 2 N–H and O–H groups in total. The van der Waals surface area contributed by atoms with E-state index in [9.17, 15) is 10.2 Å². The van der Waals surface area contributed by atoms with Crippen molar-refractivity contribution in [2.45, 2.75) is 63.8 Å². The number of allylic oxidation sites excluding steroid dienone is 2. The monoisotopic (exact) mass is 346 g/mol. The van der Waals surface area contributed by atoms with Gasteiger partial charge in [-0.1, -0.05) is 24.1 Å². The first-order chi connectivity index (χ1) is 12.1. The van der Waals surface area contributed by atoms with Crippen LogP contribution in [0.2, 0.25) is 0 Å². The van der Waals surface area contributed by atoms with E-state index in [0.717, 1.165) is 50.5 Å². The number of aliphatic hydroxyl groups excluding tert-OH is 2. The molecule has 1 saturated heterocycles. The molecule has 138 valence electrons. The van der Waals surface area contributed by atoms with Crippen LogP contribution in [0.1, 0.15) is 51.9 Å². The lowest BCUT2D eigenvalue weighted by Gasteiger charge is -2.55. The summed E-state index contributed by atoms with van der Waals surface area (Å²) in [5.41, 5.74) is 4.07. The van der Waals surface area contributed by atoms with Crippen LogP contribution in [-0.4, -0.2) is 41.9 Å². The first-order valence-corrected chi connectivity index (χ1v) is 10.0. The smallest absolute Gasteiger partial charge is 0.174 e. The van der Waals surface area contributed by atoms with Crippen molar-refractivity contribution < 1.29 is 19.7 Å². The van der Waals surface area contributed by atoms with E-state index in [0.29, 0.717) is 31.0 Å². The zero-order valence-electron chi connectivity index (χ0n) is 15.2. The lowest BCUT2D eigenvalue weighted by Crippen LogP contribution is -2.56. The van der Waals surface area contributed by atoms with E-state index in [-0.39, 0.29) is 18.1 Å². The third kappa shape index (κ3) is 2.14. The predicted molar refractivity (Wildman–Crippen MR) is 93.7 cm³/mol. The fourth-order valence-corrected chi connectivity index (χ4v) is 7.06. The molecule has 0 radical (unpaired) electrons. The van der Waals surface area contributed by atoms with E-state index in [1.165, 1.54) is 11.1 Å². The first-order valence-electron chi connectivity index (χ1n) is 10.0. The van der Waals surface area contributed by atoms with Gasteiger partial charge in [0.1, 0.15) is 0 Å². The molecule has 25 heavy (non-hydrogen) atoms. The highest BCUT2D eigenvalue weighted by atomic mass is 16.7. The summed E-state index contributed by atoms with van der Waals surface area (Å²) >= 11 is 0. The normalized spacial score (nSPS) is 45.2. The Bertz CT molecular complexity index is 630. The summed E-state index contributed by atoms with van der Waals surface area (Å²) in [5.74, 6) is 0.976. The number of rotatable bonds is 1. The lowest BCUT2D eigenvalue weighted by molar-refractivity contribution is -0.249. The average Bonchev–Trinajstić information content (AvgIpc) is 3.20. The second kappa shape index (κ2) is 5.66. The standard InChI is InChI=1S/C21H30O4/c1-20-11-18(23)19-15-4-2-13(12-22)10-14(15)3-5-16(19)17(20)6-7-21(20)24-8-9-25-21/h2,16-19,22-23H,3-12H2,1H3/t16?,17?,18-,19?,20+/m1/s1. The van der Waals surface area contributed by atoms with Gasteiger partial charge in [0.25, 0.3) is 0 Å². The van der Waals surface area contributed by atoms with E-state index in [1.807, 2.05) is 0 Å². The number of fused-ring (bicyclic) bond motifs is 5. The molecule has 2 saturated carbocycles. The fourth-order valence-electron chi connectivity index (χ4n) is 7.06. The number of ether oxygens (including phenoxy) is 2. The third-order valence-corrected chi connectivity index (χ3v) is 8.14. The highest BCUT2D eigenvalue weighted by molar-refractivity contribution is 5.35. The maximum Gasteiger partial charge on any atom is 0.174 e. The molecule has 0 amide bonds. The Morgan fingerprint density at radius 2 is 2.04 bits per heavy atom. The van der Waals surface area contributed by atoms with Gasteiger partial charge < -0.3 is 19.7 Å².